The van der Waals surface area contributed by atoms with Crippen LogP contribution >= 0.6 is 0 Å². The largest absolute Gasteiger partial charge is 0.310 e. The summed E-state index contributed by atoms with van der Waals surface area (Å²) in [6.07, 6.45) is -3.00. The van der Waals surface area contributed by atoms with Crippen LogP contribution in [0, 0.1) is 5.41 Å². The van der Waals surface area contributed by atoms with Gasteiger partial charge in [-0.15, -0.1) is 0 Å². The molecule has 0 aliphatic heterocycles. The molecule has 0 spiro atoms. The zero-order valence-electron chi connectivity index (χ0n) is 4.29. The molecule has 4 heteroatoms. The van der Waals surface area contributed by atoms with E-state index in [9.17, 15) is 13.2 Å². The van der Waals surface area contributed by atoms with Crippen LogP contribution in [0.2, 0.25) is 0 Å². The molecule has 8 heavy (non-hydrogen) atoms. The molecule has 1 N–H and O–H groups in total. The van der Waals surface area contributed by atoms with E-state index < -0.39 is 12.1 Å². The molecule has 0 rings (SSSR count). The maximum atomic E-state index is 11.9. The Balaban J connectivity index is 3.90. The van der Waals surface area contributed by atoms with E-state index in [1.54, 1.807) is 0 Å². The van der Waals surface area contributed by atoms with Crippen LogP contribution in [0.25, 0.3) is 0 Å². The van der Waals surface area contributed by atoms with Gasteiger partial charge in [0.1, 0.15) is 0 Å². The van der Waals surface area contributed by atoms with Crippen molar-refractivity contribution in [3.8, 4) is 0 Å². The summed E-state index contributed by atoms with van der Waals surface area (Å²) in [5.41, 5.74) is -2.75. The maximum absolute atomic E-state index is 11.9. The number of hydrogen-bond acceptors (Lipinski definition) is 1. The van der Waals surface area contributed by atoms with E-state index in [-0.39, 0.29) is 6.21 Å². The standard InChI is InChI=1S/C4H6F3N/c1-4(7,2-8)3(5)6/h2-3,8H,1H3. The lowest BCUT2D eigenvalue weighted by Crippen LogP contribution is -2.29. The summed E-state index contributed by atoms with van der Waals surface area (Å²) in [5.74, 6) is 0. The average molecular weight is 125 g/mol. The van der Waals surface area contributed by atoms with Gasteiger partial charge in [0.2, 0.25) is 5.67 Å². The molecule has 48 valence electrons. The van der Waals surface area contributed by atoms with E-state index in [1.165, 1.54) is 0 Å². The first-order valence-electron chi connectivity index (χ1n) is 1.99. The Hall–Kier alpha value is -0.540. The Kier molecular flexibility index (Phi) is 2.01. The van der Waals surface area contributed by atoms with Crippen LogP contribution in [-0.2, 0) is 0 Å². The number of rotatable bonds is 2. The minimum Gasteiger partial charge on any atom is -0.310 e. The van der Waals surface area contributed by atoms with Gasteiger partial charge in [0.05, 0.1) is 0 Å². The van der Waals surface area contributed by atoms with Gasteiger partial charge in [-0.2, -0.15) is 0 Å². The second kappa shape index (κ2) is 2.15. The SMILES string of the molecule is CC(F)(C=N)C(F)F. The summed E-state index contributed by atoms with van der Waals surface area (Å²) in [5, 5.41) is 6.16. The highest BCUT2D eigenvalue weighted by atomic mass is 19.3. The van der Waals surface area contributed by atoms with Crippen molar-refractivity contribution in [2.75, 3.05) is 0 Å². The first-order valence-corrected chi connectivity index (χ1v) is 1.99. The summed E-state index contributed by atoms with van der Waals surface area (Å²) in [7, 11) is 0. The molecule has 1 unspecified atom stereocenters. The van der Waals surface area contributed by atoms with Crippen LogP contribution in [0.3, 0.4) is 0 Å². The molecule has 0 aliphatic rings. The van der Waals surface area contributed by atoms with Gasteiger partial charge in [-0.1, -0.05) is 0 Å². The highest BCUT2D eigenvalue weighted by molar-refractivity contribution is 5.64. The zero-order chi connectivity index (χ0) is 6.78. The van der Waals surface area contributed by atoms with E-state index in [1.807, 2.05) is 0 Å². The predicted octanol–water partition coefficient (Wildman–Crippen LogP) is 1.63. The quantitative estimate of drug-likeness (QED) is 0.542. The van der Waals surface area contributed by atoms with Crippen LogP contribution in [0.5, 0.6) is 0 Å². The summed E-state index contributed by atoms with van der Waals surface area (Å²) in [6, 6.07) is 0. The Morgan fingerprint density at radius 2 is 2.00 bits per heavy atom. The fourth-order valence-corrected chi connectivity index (χ4v) is 0.0630. The van der Waals surface area contributed by atoms with E-state index in [0.29, 0.717) is 6.92 Å². The summed E-state index contributed by atoms with van der Waals surface area (Å²) in [4.78, 5) is 0. The molecular weight excluding hydrogens is 119 g/mol. The fourth-order valence-electron chi connectivity index (χ4n) is 0.0630. The summed E-state index contributed by atoms with van der Waals surface area (Å²) >= 11 is 0. The molecular formula is C4H6F3N. The molecule has 0 aromatic carbocycles. The van der Waals surface area contributed by atoms with Crippen molar-refractivity contribution in [3.05, 3.63) is 0 Å². The van der Waals surface area contributed by atoms with Crippen molar-refractivity contribution in [3.63, 3.8) is 0 Å². The smallest absolute Gasteiger partial charge is 0.276 e. The number of nitrogens with one attached hydrogen (secondary N) is 1. The summed E-state index contributed by atoms with van der Waals surface area (Å²) < 4.78 is 34.5. The minimum atomic E-state index is -3.10. The maximum Gasteiger partial charge on any atom is 0.276 e. The average Bonchev–Trinajstić information content (AvgIpc) is 1.67. The fraction of sp³-hybridized carbons (Fsp3) is 0.750. The van der Waals surface area contributed by atoms with Crippen molar-refractivity contribution in [2.24, 2.45) is 0 Å². The van der Waals surface area contributed by atoms with Crippen LogP contribution in [0.1, 0.15) is 6.92 Å². The number of alkyl halides is 3. The number of hydrogen-bond donors (Lipinski definition) is 1. The molecule has 0 radical (unpaired) electrons. The van der Waals surface area contributed by atoms with E-state index >= 15 is 0 Å². The first kappa shape index (κ1) is 7.46. The van der Waals surface area contributed by atoms with E-state index in [0.717, 1.165) is 0 Å². The first-order chi connectivity index (χ1) is 3.50. The highest BCUT2D eigenvalue weighted by Gasteiger charge is 2.31. The monoisotopic (exact) mass is 125 g/mol. The van der Waals surface area contributed by atoms with Crippen molar-refractivity contribution in [1.82, 2.24) is 0 Å². The van der Waals surface area contributed by atoms with Crippen molar-refractivity contribution < 1.29 is 13.2 Å². The highest BCUT2D eigenvalue weighted by Crippen LogP contribution is 2.16. The van der Waals surface area contributed by atoms with E-state index in [4.69, 9.17) is 5.41 Å². The van der Waals surface area contributed by atoms with Crippen LogP contribution in [0.15, 0.2) is 0 Å². The van der Waals surface area contributed by atoms with Crippen LogP contribution in [0.4, 0.5) is 13.2 Å². The van der Waals surface area contributed by atoms with Gasteiger partial charge in [0.25, 0.3) is 6.43 Å². The topological polar surface area (TPSA) is 23.9 Å². The lowest BCUT2D eigenvalue weighted by molar-refractivity contribution is 0.0263. The molecule has 0 saturated carbocycles. The van der Waals surface area contributed by atoms with Gasteiger partial charge < -0.3 is 5.41 Å². The van der Waals surface area contributed by atoms with Crippen molar-refractivity contribution in [1.29, 1.82) is 5.41 Å². The molecule has 0 bridgehead atoms. The molecule has 1 atom stereocenters. The third kappa shape index (κ3) is 1.52. The molecule has 0 aliphatic carbocycles. The Morgan fingerprint density at radius 1 is 1.62 bits per heavy atom. The molecule has 0 amide bonds. The molecule has 0 heterocycles. The second-order valence-electron chi connectivity index (χ2n) is 1.60. The second-order valence-corrected chi connectivity index (χ2v) is 1.60. The van der Waals surface area contributed by atoms with Gasteiger partial charge in [0, 0.05) is 6.21 Å². The Morgan fingerprint density at radius 3 is 2.00 bits per heavy atom. The molecule has 0 aromatic rings. The van der Waals surface area contributed by atoms with Crippen LogP contribution in [-0.4, -0.2) is 18.3 Å². The van der Waals surface area contributed by atoms with Crippen LogP contribution < -0.4 is 0 Å². The Labute approximate surface area is 45.0 Å². The van der Waals surface area contributed by atoms with Gasteiger partial charge in [-0.05, 0) is 6.92 Å². The third-order valence-corrected chi connectivity index (χ3v) is 0.709. The van der Waals surface area contributed by atoms with Gasteiger partial charge >= 0.3 is 0 Å². The lowest BCUT2D eigenvalue weighted by atomic mass is 10.2. The van der Waals surface area contributed by atoms with Gasteiger partial charge in [0.15, 0.2) is 0 Å². The molecule has 0 fully saturated rings. The van der Waals surface area contributed by atoms with Crippen molar-refractivity contribution >= 4 is 6.21 Å². The minimum absolute atomic E-state index is 0.0949. The molecule has 0 saturated heterocycles. The predicted molar refractivity (Wildman–Crippen MR) is 24.3 cm³/mol. The Bertz CT molecular complexity index is 89.3. The van der Waals surface area contributed by atoms with Crippen molar-refractivity contribution in [2.45, 2.75) is 19.0 Å². The molecule has 0 aromatic heterocycles. The van der Waals surface area contributed by atoms with Gasteiger partial charge in [-0.3, -0.25) is 0 Å². The third-order valence-electron chi connectivity index (χ3n) is 0.709. The normalized spacial score (nSPS) is 18.1. The molecule has 1 nitrogen and oxygen atoms in total. The zero-order valence-corrected chi connectivity index (χ0v) is 4.29. The lowest BCUT2D eigenvalue weighted by Gasteiger charge is -2.10. The van der Waals surface area contributed by atoms with E-state index in [2.05, 4.69) is 0 Å². The number of halogens is 3. The summed E-state index contributed by atoms with van der Waals surface area (Å²) in [6.45, 7) is 0.657. The van der Waals surface area contributed by atoms with Gasteiger partial charge in [-0.25, -0.2) is 13.2 Å².